The van der Waals surface area contributed by atoms with Crippen molar-refractivity contribution in [1.29, 1.82) is 0 Å². The fourth-order valence-electron chi connectivity index (χ4n) is 7.87. The van der Waals surface area contributed by atoms with Crippen LogP contribution in [-0.4, -0.2) is 122 Å². The van der Waals surface area contributed by atoms with Gasteiger partial charge >= 0.3 is 6.18 Å². The van der Waals surface area contributed by atoms with E-state index in [1.807, 2.05) is 42.1 Å². The number of benzene rings is 4. The molecule has 0 spiro atoms. The van der Waals surface area contributed by atoms with Crippen molar-refractivity contribution < 1.29 is 23.4 Å². The Morgan fingerprint density at radius 1 is 0.526 bits per heavy atom. The summed E-state index contributed by atoms with van der Waals surface area (Å²) in [6.45, 7) is 11.9. The largest absolute Gasteiger partial charge is 0.416 e. The minimum atomic E-state index is -4.35. The molecule has 12 heteroatoms. The van der Waals surface area contributed by atoms with E-state index in [0.29, 0.717) is 12.1 Å². The van der Waals surface area contributed by atoms with Crippen molar-refractivity contribution in [3.63, 3.8) is 0 Å². The lowest BCUT2D eigenvalue weighted by molar-refractivity contribution is -0.137. The van der Waals surface area contributed by atoms with Crippen LogP contribution in [0, 0.1) is 0 Å². The summed E-state index contributed by atoms with van der Waals surface area (Å²) in [5.74, 6) is 0. The predicted molar refractivity (Wildman–Crippen MR) is 227 cm³/mol. The first-order chi connectivity index (χ1) is 27.7. The highest BCUT2D eigenvalue weighted by atomic mass is 35.5. The second-order valence-corrected chi connectivity index (χ2v) is 17.3. The average molecular weight is 836 g/mol. The lowest BCUT2D eigenvalue weighted by atomic mass is 9.94. The summed E-state index contributed by atoms with van der Waals surface area (Å²) < 4.78 is 39.9. The van der Waals surface area contributed by atoms with Crippen LogP contribution < -0.4 is 0 Å². The van der Waals surface area contributed by atoms with E-state index in [-0.39, 0.29) is 13.2 Å². The number of halogens is 4. The molecular weight excluding hydrogens is 785 g/mol. The molecule has 8 rings (SSSR count). The zero-order valence-corrected chi connectivity index (χ0v) is 34.5. The maximum Gasteiger partial charge on any atom is 0.416 e. The van der Waals surface area contributed by atoms with Crippen LogP contribution in [0.2, 0.25) is 5.02 Å². The first-order valence-electron chi connectivity index (χ1n) is 19.8. The van der Waals surface area contributed by atoms with E-state index in [4.69, 9.17) is 21.8 Å². The van der Waals surface area contributed by atoms with Crippen molar-refractivity contribution in [2.24, 2.45) is 0 Å². The smallest absolute Gasteiger partial charge is 0.395 e. The van der Waals surface area contributed by atoms with E-state index in [9.17, 15) is 13.2 Å². The minimum Gasteiger partial charge on any atom is -0.395 e. The van der Waals surface area contributed by atoms with Gasteiger partial charge in [-0.2, -0.15) is 13.2 Å². The van der Waals surface area contributed by atoms with Crippen molar-refractivity contribution in [3.8, 4) is 0 Å². The summed E-state index contributed by atoms with van der Waals surface area (Å²) in [5, 5.41) is 18.9. The molecule has 0 saturated carbocycles. The molecule has 4 aliphatic rings. The first kappa shape index (κ1) is 42.0. The zero-order valence-electron chi connectivity index (χ0n) is 32.1. The Hall–Kier alpha value is -3.10. The second kappa shape index (κ2) is 19.8. The van der Waals surface area contributed by atoms with Gasteiger partial charge in [0.15, 0.2) is 0 Å². The van der Waals surface area contributed by atoms with Gasteiger partial charge in [-0.15, -0.1) is 0 Å². The van der Waals surface area contributed by atoms with E-state index in [0.717, 1.165) is 111 Å². The monoisotopic (exact) mass is 834 g/mol. The number of hydrogen-bond donors (Lipinski definition) is 2. The molecule has 302 valence electrons. The summed E-state index contributed by atoms with van der Waals surface area (Å²) in [7, 11) is 0. The van der Waals surface area contributed by atoms with Gasteiger partial charge in [0, 0.05) is 103 Å². The van der Waals surface area contributed by atoms with E-state index in [2.05, 4.69) is 68.1 Å². The van der Waals surface area contributed by atoms with Gasteiger partial charge in [0.1, 0.15) is 0 Å². The third-order valence-electron chi connectivity index (χ3n) is 11.0. The molecule has 4 aromatic rings. The van der Waals surface area contributed by atoms with Crippen LogP contribution in [0.15, 0.2) is 117 Å². The molecular formula is C45H50ClF3N4O2S2. The van der Waals surface area contributed by atoms with Gasteiger partial charge in [-0.25, -0.2) is 0 Å². The fourth-order valence-corrected chi connectivity index (χ4v) is 10.2. The zero-order chi connectivity index (χ0) is 39.8. The van der Waals surface area contributed by atoms with E-state index in [1.165, 1.54) is 50.4 Å². The standard InChI is InChI=1S/C23H25F3N2OS.C22H25ClN2OS/c24-23(25,26)17-7-8-22-20(16-17)18(19-4-1-2-6-21(19)30-22)5-3-9-27-10-12-28(13-11-27)14-15-29;23-17-7-8-22-20(16-17)18(19-4-1-2-6-21(19)27-22)5-3-9-24-10-12-25(13-11-24)14-15-26/h1-2,4-8,16,29H,3,9-15H2;1-2,4-8,16,26H,3,9-15H2/b18-5-;. The SMILES string of the molecule is OCCN1CCN(CC/C=C2/c3ccccc3Sc3ccc(C(F)(F)F)cc32)CC1.OCCN1CCN(CCC=C2c3ccccc3Sc3ccc(Cl)cc32)CC1. The molecule has 0 unspecified atom stereocenters. The van der Waals surface area contributed by atoms with Crippen LogP contribution in [0.3, 0.4) is 0 Å². The molecule has 0 radical (unpaired) electrons. The number of nitrogens with zero attached hydrogens (tertiary/aromatic N) is 4. The second-order valence-electron chi connectivity index (χ2n) is 14.7. The maximum atomic E-state index is 13.3. The van der Waals surface area contributed by atoms with Crippen molar-refractivity contribution in [1.82, 2.24) is 19.6 Å². The minimum absolute atomic E-state index is 0.183. The van der Waals surface area contributed by atoms with Crippen molar-refractivity contribution in [2.45, 2.75) is 38.6 Å². The third-order valence-corrected chi connectivity index (χ3v) is 13.5. The number of piperazine rings is 2. The van der Waals surface area contributed by atoms with Crippen LogP contribution >= 0.6 is 35.1 Å². The Labute approximate surface area is 348 Å². The highest BCUT2D eigenvalue weighted by Gasteiger charge is 2.33. The van der Waals surface area contributed by atoms with Gasteiger partial charge in [0.25, 0.3) is 0 Å². The lowest BCUT2D eigenvalue weighted by Crippen LogP contribution is -2.47. The molecule has 2 saturated heterocycles. The Bertz CT molecular complexity index is 2050. The molecule has 6 nitrogen and oxygen atoms in total. The van der Waals surface area contributed by atoms with Crippen LogP contribution in [-0.2, 0) is 6.18 Å². The molecule has 2 N–H and O–H groups in total. The summed E-state index contributed by atoms with van der Waals surface area (Å²) in [4.78, 5) is 14.0. The molecule has 0 aromatic heterocycles. The molecule has 4 aliphatic heterocycles. The summed E-state index contributed by atoms with van der Waals surface area (Å²) in [6, 6.07) is 26.8. The average Bonchev–Trinajstić information content (AvgIpc) is 3.21. The van der Waals surface area contributed by atoms with Gasteiger partial charge < -0.3 is 20.0 Å². The normalized spacial score (nSPS) is 19.1. The summed E-state index contributed by atoms with van der Waals surface area (Å²) >= 11 is 9.65. The van der Waals surface area contributed by atoms with E-state index < -0.39 is 11.7 Å². The van der Waals surface area contributed by atoms with Crippen LogP contribution in [0.1, 0.15) is 40.7 Å². The number of aliphatic hydroxyl groups is 2. The van der Waals surface area contributed by atoms with E-state index >= 15 is 0 Å². The predicted octanol–water partition coefficient (Wildman–Crippen LogP) is 8.84. The van der Waals surface area contributed by atoms with Crippen molar-refractivity contribution in [2.75, 3.05) is 91.8 Å². The van der Waals surface area contributed by atoms with Gasteiger partial charge in [-0.3, -0.25) is 9.80 Å². The van der Waals surface area contributed by atoms with Gasteiger partial charge in [-0.05, 0) is 94.8 Å². The molecule has 0 amide bonds. The third kappa shape index (κ3) is 10.8. The van der Waals surface area contributed by atoms with Gasteiger partial charge in [0.2, 0.25) is 0 Å². The van der Waals surface area contributed by atoms with Gasteiger partial charge in [-0.1, -0.05) is 83.7 Å². The number of fused-ring (bicyclic) bond motifs is 4. The molecule has 0 aliphatic carbocycles. The van der Waals surface area contributed by atoms with Crippen LogP contribution in [0.4, 0.5) is 13.2 Å². The fraction of sp³-hybridized carbons (Fsp3) is 0.378. The van der Waals surface area contributed by atoms with E-state index in [1.54, 1.807) is 6.07 Å². The number of rotatable bonds is 10. The van der Waals surface area contributed by atoms with Gasteiger partial charge in [0.05, 0.1) is 18.8 Å². The number of aliphatic hydroxyl groups excluding tert-OH is 2. The molecule has 4 heterocycles. The highest BCUT2D eigenvalue weighted by molar-refractivity contribution is 7.99. The quantitative estimate of drug-likeness (QED) is 0.142. The molecule has 0 bridgehead atoms. The highest BCUT2D eigenvalue weighted by Crippen LogP contribution is 2.48. The Morgan fingerprint density at radius 2 is 0.930 bits per heavy atom. The Morgan fingerprint density at radius 3 is 1.39 bits per heavy atom. The number of alkyl halides is 3. The first-order valence-corrected chi connectivity index (χ1v) is 21.8. The van der Waals surface area contributed by atoms with Crippen LogP contribution in [0.25, 0.3) is 11.1 Å². The maximum absolute atomic E-state index is 13.3. The number of hydrogen-bond acceptors (Lipinski definition) is 8. The Balaban J connectivity index is 0.000000175. The van der Waals surface area contributed by atoms with Crippen molar-refractivity contribution in [3.05, 3.63) is 130 Å². The van der Waals surface area contributed by atoms with Crippen LogP contribution in [0.5, 0.6) is 0 Å². The van der Waals surface area contributed by atoms with Crippen molar-refractivity contribution >= 4 is 46.3 Å². The summed E-state index contributed by atoms with van der Waals surface area (Å²) in [6.07, 6.45) is 1.94. The number of β-amino-alcohol motifs (C(OH)–C–C–N with tert-alkyl or cyclic N) is 2. The molecule has 2 fully saturated rings. The molecule has 0 atom stereocenters. The lowest BCUT2D eigenvalue weighted by Gasteiger charge is -2.34. The molecule has 4 aromatic carbocycles. The summed E-state index contributed by atoms with van der Waals surface area (Å²) in [5.41, 5.74) is 5.82. The topological polar surface area (TPSA) is 53.4 Å². The Kier molecular flexibility index (Phi) is 14.6. The molecule has 57 heavy (non-hydrogen) atoms.